The first-order valence-electron chi connectivity index (χ1n) is 10.4. The van der Waals surface area contributed by atoms with Crippen molar-refractivity contribution in [2.24, 2.45) is 0 Å². The van der Waals surface area contributed by atoms with Crippen molar-refractivity contribution in [3.63, 3.8) is 0 Å². The molecule has 0 N–H and O–H groups in total. The average Bonchev–Trinajstić information content (AvgIpc) is 3.12. The molecule has 0 radical (unpaired) electrons. The largest absolute Gasteiger partial charge is 0.493 e. The van der Waals surface area contributed by atoms with Gasteiger partial charge in [0.15, 0.2) is 23.9 Å². The summed E-state index contributed by atoms with van der Waals surface area (Å²) >= 11 is 0. The van der Waals surface area contributed by atoms with E-state index in [1.54, 1.807) is 49.5 Å². The molecule has 8 heteroatoms. The maximum Gasteiger partial charge on any atom is 0.260 e. The second kappa shape index (κ2) is 9.32. The number of piperazine rings is 1. The summed E-state index contributed by atoms with van der Waals surface area (Å²) < 4.78 is 22.2. The predicted molar refractivity (Wildman–Crippen MR) is 118 cm³/mol. The fourth-order valence-corrected chi connectivity index (χ4v) is 3.72. The molecule has 0 unspecified atom stereocenters. The first-order valence-corrected chi connectivity index (χ1v) is 10.4. The molecule has 0 aliphatic carbocycles. The Bertz CT molecular complexity index is 1060. The number of carbonyl (C=O) groups excluding carboxylic acids is 2. The van der Waals surface area contributed by atoms with E-state index in [4.69, 9.17) is 18.9 Å². The Balaban J connectivity index is 1.46. The number of fused-ring (bicyclic) bond motifs is 1. The van der Waals surface area contributed by atoms with E-state index in [1.807, 2.05) is 19.2 Å². The SMILES string of the molecule is COc1cccc(/C=C2\Oc3cc(OCC(=O)N4CCN(C)CC4)ccc3C2=O)c1OC. The smallest absolute Gasteiger partial charge is 0.260 e. The third kappa shape index (κ3) is 4.40. The predicted octanol–water partition coefficient (Wildman–Crippen LogP) is 2.47. The Kier molecular flexibility index (Phi) is 6.32. The molecule has 1 fully saturated rings. The van der Waals surface area contributed by atoms with Gasteiger partial charge in [-0.15, -0.1) is 0 Å². The van der Waals surface area contributed by atoms with Crippen LogP contribution < -0.4 is 18.9 Å². The summed E-state index contributed by atoms with van der Waals surface area (Å²) in [5, 5.41) is 0. The zero-order chi connectivity index (χ0) is 22.7. The second-order valence-electron chi connectivity index (χ2n) is 7.65. The van der Waals surface area contributed by atoms with Gasteiger partial charge in [-0.25, -0.2) is 0 Å². The Labute approximate surface area is 186 Å². The molecule has 32 heavy (non-hydrogen) atoms. The monoisotopic (exact) mass is 438 g/mol. The number of amides is 1. The van der Waals surface area contributed by atoms with E-state index in [1.165, 1.54) is 0 Å². The van der Waals surface area contributed by atoms with Crippen molar-refractivity contribution in [2.45, 2.75) is 0 Å². The van der Waals surface area contributed by atoms with E-state index in [0.29, 0.717) is 47.2 Å². The lowest BCUT2D eigenvalue weighted by Gasteiger charge is -2.32. The van der Waals surface area contributed by atoms with Crippen molar-refractivity contribution in [3.05, 3.63) is 53.3 Å². The molecule has 4 rings (SSSR count). The van der Waals surface area contributed by atoms with Crippen LogP contribution in [0.25, 0.3) is 6.08 Å². The highest BCUT2D eigenvalue weighted by Crippen LogP contribution is 2.37. The zero-order valence-corrected chi connectivity index (χ0v) is 18.4. The number of ketones is 1. The third-order valence-electron chi connectivity index (χ3n) is 5.58. The van der Waals surface area contributed by atoms with Crippen LogP contribution in [0.15, 0.2) is 42.2 Å². The van der Waals surface area contributed by atoms with Crippen molar-refractivity contribution >= 4 is 17.8 Å². The van der Waals surface area contributed by atoms with E-state index >= 15 is 0 Å². The summed E-state index contributed by atoms with van der Waals surface area (Å²) in [5.41, 5.74) is 1.10. The van der Waals surface area contributed by atoms with Crippen LogP contribution >= 0.6 is 0 Å². The molecule has 1 amide bonds. The van der Waals surface area contributed by atoms with Crippen molar-refractivity contribution < 1.29 is 28.5 Å². The zero-order valence-electron chi connectivity index (χ0n) is 18.4. The maximum absolute atomic E-state index is 12.8. The fourth-order valence-electron chi connectivity index (χ4n) is 3.72. The standard InChI is InChI=1S/C24H26N2O6/c1-25-9-11-26(12-10-25)22(27)15-31-17-7-8-18-20(14-17)32-21(23(18)28)13-16-5-4-6-19(29-2)24(16)30-3/h4-8,13-14H,9-12,15H2,1-3H3/b21-13-. The number of likely N-dealkylation sites (N-methyl/N-ethyl adjacent to an activating group) is 1. The molecule has 1 saturated heterocycles. The molecule has 8 nitrogen and oxygen atoms in total. The van der Waals surface area contributed by atoms with Crippen LogP contribution in [-0.4, -0.2) is 75.5 Å². The summed E-state index contributed by atoms with van der Waals surface area (Å²) in [6.07, 6.45) is 1.63. The minimum Gasteiger partial charge on any atom is -0.493 e. The number of methoxy groups -OCH3 is 2. The van der Waals surface area contributed by atoms with Crippen LogP contribution in [0.1, 0.15) is 15.9 Å². The lowest BCUT2D eigenvalue weighted by atomic mass is 10.1. The highest BCUT2D eigenvalue weighted by Gasteiger charge is 2.28. The molecular formula is C24H26N2O6. The quantitative estimate of drug-likeness (QED) is 0.641. The third-order valence-corrected chi connectivity index (χ3v) is 5.58. The molecule has 2 aliphatic rings. The molecule has 0 bridgehead atoms. The molecular weight excluding hydrogens is 412 g/mol. The normalized spacial score (nSPS) is 17.2. The average molecular weight is 438 g/mol. The number of para-hydroxylation sites is 1. The number of allylic oxidation sites excluding steroid dienone is 1. The van der Waals surface area contributed by atoms with Gasteiger partial charge in [0, 0.05) is 37.8 Å². The summed E-state index contributed by atoms with van der Waals surface area (Å²) in [4.78, 5) is 29.2. The van der Waals surface area contributed by atoms with Gasteiger partial charge in [-0.3, -0.25) is 9.59 Å². The molecule has 0 spiro atoms. The molecule has 0 saturated carbocycles. The van der Waals surface area contributed by atoms with Crippen molar-refractivity contribution in [2.75, 3.05) is 54.1 Å². The topological polar surface area (TPSA) is 77.5 Å². The van der Waals surface area contributed by atoms with Gasteiger partial charge < -0.3 is 28.7 Å². The first-order chi connectivity index (χ1) is 15.5. The van der Waals surface area contributed by atoms with E-state index in [0.717, 1.165) is 13.1 Å². The van der Waals surface area contributed by atoms with E-state index < -0.39 is 0 Å². The number of hydrogen-bond donors (Lipinski definition) is 0. The number of carbonyl (C=O) groups is 2. The van der Waals surface area contributed by atoms with Gasteiger partial charge in [0.05, 0.1) is 19.8 Å². The molecule has 2 aromatic carbocycles. The molecule has 2 aromatic rings. The lowest BCUT2D eigenvalue weighted by molar-refractivity contribution is -0.134. The van der Waals surface area contributed by atoms with Crippen LogP contribution in [-0.2, 0) is 4.79 Å². The van der Waals surface area contributed by atoms with Crippen molar-refractivity contribution in [3.8, 4) is 23.0 Å². The Morgan fingerprint density at radius 2 is 1.88 bits per heavy atom. The summed E-state index contributed by atoms with van der Waals surface area (Å²) in [5.74, 6) is 1.84. The Morgan fingerprint density at radius 3 is 2.59 bits per heavy atom. The van der Waals surface area contributed by atoms with Gasteiger partial charge in [0.2, 0.25) is 5.78 Å². The molecule has 2 aliphatic heterocycles. The van der Waals surface area contributed by atoms with Gasteiger partial charge in [0.1, 0.15) is 11.5 Å². The Morgan fingerprint density at radius 1 is 1.09 bits per heavy atom. The summed E-state index contributed by atoms with van der Waals surface area (Å²) in [6.45, 7) is 3.05. The molecule has 0 atom stereocenters. The number of nitrogens with zero attached hydrogens (tertiary/aromatic N) is 2. The number of benzene rings is 2. The van der Waals surface area contributed by atoms with Gasteiger partial charge in [-0.2, -0.15) is 0 Å². The van der Waals surface area contributed by atoms with Crippen LogP contribution in [0, 0.1) is 0 Å². The number of ether oxygens (including phenoxy) is 4. The van der Waals surface area contributed by atoms with E-state index in [9.17, 15) is 9.59 Å². The van der Waals surface area contributed by atoms with Crippen LogP contribution in [0.4, 0.5) is 0 Å². The number of Topliss-reactive ketones (excluding diaryl/α,β-unsaturated/α-hetero) is 1. The maximum atomic E-state index is 12.8. The summed E-state index contributed by atoms with van der Waals surface area (Å²) in [7, 11) is 5.13. The molecule has 168 valence electrons. The van der Waals surface area contributed by atoms with Gasteiger partial charge in [-0.05, 0) is 31.3 Å². The van der Waals surface area contributed by atoms with E-state index in [2.05, 4.69) is 4.90 Å². The molecule has 0 aromatic heterocycles. The van der Waals surface area contributed by atoms with Gasteiger partial charge in [0.25, 0.3) is 5.91 Å². The van der Waals surface area contributed by atoms with Gasteiger partial charge in [-0.1, -0.05) is 12.1 Å². The summed E-state index contributed by atoms with van der Waals surface area (Å²) in [6, 6.07) is 10.4. The van der Waals surface area contributed by atoms with E-state index in [-0.39, 0.29) is 24.1 Å². The van der Waals surface area contributed by atoms with Crippen molar-refractivity contribution in [1.29, 1.82) is 0 Å². The Hall–Kier alpha value is -3.52. The molecule has 2 heterocycles. The first kappa shape index (κ1) is 21.7. The number of hydrogen-bond acceptors (Lipinski definition) is 7. The van der Waals surface area contributed by atoms with Crippen LogP contribution in [0.3, 0.4) is 0 Å². The van der Waals surface area contributed by atoms with Crippen LogP contribution in [0.5, 0.6) is 23.0 Å². The van der Waals surface area contributed by atoms with Crippen LogP contribution in [0.2, 0.25) is 0 Å². The lowest BCUT2D eigenvalue weighted by Crippen LogP contribution is -2.48. The minimum absolute atomic E-state index is 0.0544. The minimum atomic E-state index is -0.232. The highest BCUT2D eigenvalue weighted by atomic mass is 16.5. The highest BCUT2D eigenvalue weighted by molar-refractivity contribution is 6.14. The number of rotatable bonds is 6. The van der Waals surface area contributed by atoms with Gasteiger partial charge >= 0.3 is 0 Å². The second-order valence-corrected chi connectivity index (χ2v) is 7.65. The van der Waals surface area contributed by atoms with Crippen molar-refractivity contribution in [1.82, 2.24) is 9.80 Å². The fraction of sp³-hybridized carbons (Fsp3) is 0.333.